The van der Waals surface area contributed by atoms with Crippen molar-refractivity contribution in [2.75, 3.05) is 12.0 Å². The van der Waals surface area contributed by atoms with Crippen molar-refractivity contribution in [2.24, 2.45) is 0 Å². The molecule has 0 radical (unpaired) electrons. The summed E-state index contributed by atoms with van der Waals surface area (Å²) in [6.07, 6.45) is -0.616. The number of thiol groups is 1. The van der Waals surface area contributed by atoms with Gasteiger partial charge in [0.1, 0.15) is 17.8 Å². The summed E-state index contributed by atoms with van der Waals surface area (Å²) in [6.45, 7) is 3.86. The van der Waals surface area contributed by atoms with E-state index in [-0.39, 0.29) is 16.7 Å². The molecule has 6 nitrogen and oxygen atoms in total. The van der Waals surface area contributed by atoms with Gasteiger partial charge in [0.05, 0.1) is 18.2 Å². The second-order valence-electron chi connectivity index (χ2n) is 6.61. The van der Waals surface area contributed by atoms with Gasteiger partial charge in [-0.25, -0.2) is 0 Å². The summed E-state index contributed by atoms with van der Waals surface area (Å²) >= 11 is 10.5. The van der Waals surface area contributed by atoms with Gasteiger partial charge < -0.3 is 19.7 Å². The maximum Gasteiger partial charge on any atom is 0.266 e. The number of rotatable bonds is 5. The highest BCUT2D eigenvalue weighted by Gasteiger charge is 2.34. The van der Waals surface area contributed by atoms with Crippen molar-refractivity contribution < 1.29 is 14.3 Å². The third-order valence-corrected chi connectivity index (χ3v) is 4.98. The lowest BCUT2D eigenvalue weighted by Crippen LogP contribution is -2.46. The summed E-state index contributed by atoms with van der Waals surface area (Å²) in [5.74, 6) is 0.650. The first-order valence-corrected chi connectivity index (χ1v) is 9.71. The van der Waals surface area contributed by atoms with Crippen LogP contribution in [-0.2, 0) is 4.79 Å². The molecule has 1 aliphatic rings. The van der Waals surface area contributed by atoms with E-state index >= 15 is 0 Å². The van der Waals surface area contributed by atoms with Crippen LogP contribution in [0.5, 0.6) is 11.5 Å². The number of hydrogen-bond acceptors (Lipinski definition) is 6. The van der Waals surface area contributed by atoms with Gasteiger partial charge in [0.25, 0.3) is 5.91 Å². The number of ether oxygens (including phenoxy) is 2. The van der Waals surface area contributed by atoms with Crippen molar-refractivity contribution >= 4 is 35.8 Å². The highest BCUT2D eigenvalue weighted by Crippen LogP contribution is 2.39. The van der Waals surface area contributed by atoms with Gasteiger partial charge in [-0.3, -0.25) is 4.79 Å². The molecule has 1 atom stereocenters. The molecule has 150 valence electrons. The van der Waals surface area contributed by atoms with Gasteiger partial charge in [-0.15, -0.1) is 12.6 Å². The van der Waals surface area contributed by atoms with Crippen LogP contribution in [0.25, 0.3) is 0 Å². The Balaban J connectivity index is 2.11. The van der Waals surface area contributed by atoms with Crippen LogP contribution < -0.4 is 19.7 Å². The van der Waals surface area contributed by atoms with E-state index in [0.717, 1.165) is 11.3 Å². The predicted octanol–water partition coefficient (Wildman–Crippen LogP) is 4.44. The molecule has 3 rings (SSSR count). The number of hydrogen-bond donors (Lipinski definition) is 2. The van der Waals surface area contributed by atoms with Crippen molar-refractivity contribution in [3.05, 3.63) is 63.7 Å². The summed E-state index contributed by atoms with van der Waals surface area (Å²) in [6, 6.07) is 14.4. The highest BCUT2D eigenvalue weighted by atomic mass is 35.5. The maximum atomic E-state index is 12.5. The summed E-state index contributed by atoms with van der Waals surface area (Å²) in [5, 5.41) is 13.1. The Bertz CT molecular complexity index is 999. The molecule has 0 aliphatic carbocycles. The number of nitrogens with zero attached hydrogens (tertiary/aromatic N) is 2. The number of anilines is 1. The molecule has 1 N–H and O–H groups in total. The van der Waals surface area contributed by atoms with E-state index in [1.165, 1.54) is 0 Å². The number of carbonyl (C=O) groups is 1. The minimum Gasteiger partial charge on any atom is -0.493 e. The van der Waals surface area contributed by atoms with Crippen LogP contribution in [0, 0.1) is 11.3 Å². The highest BCUT2D eigenvalue weighted by molar-refractivity contribution is 7.84. The summed E-state index contributed by atoms with van der Waals surface area (Å²) < 4.78 is 11.2. The van der Waals surface area contributed by atoms with E-state index in [2.05, 4.69) is 17.9 Å². The van der Waals surface area contributed by atoms with Crippen LogP contribution in [-0.4, -0.2) is 19.1 Å². The lowest BCUT2D eigenvalue weighted by atomic mass is 10.1. The zero-order valence-corrected chi connectivity index (χ0v) is 17.8. The fourth-order valence-corrected chi connectivity index (χ4v) is 3.53. The lowest BCUT2D eigenvalue weighted by molar-refractivity contribution is -0.118. The minimum atomic E-state index is -0.602. The number of benzene rings is 2. The van der Waals surface area contributed by atoms with Crippen molar-refractivity contribution in [3.8, 4) is 17.6 Å². The Morgan fingerprint density at radius 1 is 1.21 bits per heavy atom. The molecular weight excluding hydrogens is 410 g/mol. The standard InChI is InChI=1S/C21H20ClN3O3S/c1-12(2)28-17-9-4-13(10-18(17)27-3)19-24-20(26)16(11-23)21(29)25(19)15-7-5-14(22)6-8-15/h4-10,12,19,29H,1-3H3,(H,24,26). The van der Waals surface area contributed by atoms with Crippen molar-refractivity contribution in [2.45, 2.75) is 26.1 Å². The largest absolute Gasteiger partial charge is 0.493 e. The molecule has 1 heterocycles. The van der Waals surface area contributed by atoms with E-state index in [4.69, 9.17) is 21.1 Å². The monoisotopic (exact) mass is 429 g/mol. The van der Waals surface area contributed by atoms with Crippen LogP contribution in [0.1, 0.15) is 25.6 Å². The number of amides is 1. The van der Waals surface area contributed by atoms with Gasteiger partial charge >= 0.3 is 0 Å². The SMILES string of the molecule is COc1cc(C2NC(=O)C(C#N)=C(S)N2c2ccc(Cl)cc2)ccc1OC(C)C. The van der Waals surface area contributed by atoms with E-state index in [9.17, 15) is 10.1 Å². The molecule has 29 heavy (non-hydrogen) atoms. The van der Waals surface area contributed by atoms with Gasteiger partial charge in [-0.05, 0) is 55.8 Å². The number of halogens is 1. The quantitative estimate of drug-likeness (QED) is 0.687. The van der Waals surface area contributed by atoms with E-state index in [1.54, 1.807) is 48.4 Å². The molecule has 0 aromatic heterocycles. The van der Waals surface area contributed by atoms with E-state index in [0.29, 0.717) is 16.5 Å². The number of nitriles is 1. The molecular formula is C21H20ClN3O3S. The number of carbonyl (C=O) groups excluding carboxylic acids is 1. The maximum absolute atomic E-state index is 12.5. The van der Waals surface area contributed by atoms with Crippen molar-refractivity contribution in [1.29, 1.82) is 5.26 Å². The zero-order chi connectivity index (χ0) is 21.1. The van der Waals surface area contributed by atoms with Crippen LogP contribution in [0.3, 0.4) is 0 Å². The Hall–Kier alpha value is -2.82. The van der Waals surface area contributed by atoms with Crippen LogP contribution in [0.4, 0.5) is 5.69 Å². The second-order valence-corrected chi connectivity index (χ2v) is 7.47. The first kappa shape index (κ1) is 20.9. The van der Waals surface area contributed by atoms with Crippen molar-refractivity contribution in [1.82, 2.24) is 5.32 Å². The zero-order valence-electron chi connectivity index (χ0n) is 16.1. The molecule has 0 saturated heterocycles. The third-order valence-electron chi connectivity index (χ3n) is 4.29. The topological polar surface area (TPSA) is 74.6 Å². The molecule has 2 aromatic rings. The van der Waals surface area contributed by atoms with Crippen LogP contribution in [0.2, 0.25) is 5.02 Å². The molecule has 2 aromatic carbocycles. The molecule has 0 bridgehead atoms. The Morgan fingerprint density at radius 3 is 2.48 bits per heavy atom. The molecule has 8 heteroatoms. The first-order chi connectivity index (χ1) is 13.8. The third kappa shape index (κ3) is 4.29. The Morgan fingerprint density at radius 2 is 1.90 bits per heavy atom. The second kappa shape index (κ2) is 8.68. The average Bonchev–Trinajstić information content (AvgIpc) is 2.69. The Labute approximate surface area is 180 Å². The molecule has 0 spiro atoms. The lowest BCUT2D eigenvalue weighted by Gasteiger charge is -2.38. The molecule has 0 fully saturated rings. The normalized spacial score (nSPS) is 16.5. The molecule has 1 aliphatic heterocycles. The molecule has 1 amide bonds. The average molecular weight is 430 g/mol. The smallest absolute Gasteiger partial charge is 0.266 e. The Kier molecular flexibility index (Phi) is 6.26. The van der Waals surface area contributed by atoms with Gasteiger partial charge in [0.2, 0.25) is 0 Å². The van der Waals surface area contributed by atoms with Gasteiger partial charge in [-0.2, -0.15) is 5.26 Å². The minimum absolute atomic E-state index is 0.0140. The molecule has 0 saturated carbocycles. The molecule has 1 unspecified atom stereocenters. The van der Waals surface area contributed by atoms with Crippen molar-refractivity contribution in [3.63, 3.8) is 0 Å². The summed E-state index contributed by atoms with van der Waals surface area (Å²) in [5.41, 5.74) is 1.40. The van der Waals surface area contributed by atoms with Gasteiger partial charge in [0, 0.05) is 10.7 Å². The van der Waals surface area contributed by atoms with Gasteiger partial charge in [-0.1, -0.05) is 17.7 Å². The fraction of sp³-hybridized carbons (Fsp3) is 0.238. The van der Waals surface area contributed by atoms with Crippen LogP contribution in [0.15, 0.2) is 53.1 Å². The predicted molar refractivity (Wildman–Crippen MR) is 115 cm³/mol. The summed E-state index contributed by atoms with van der Waals surface area (Å²) in [4.78, 5) is 14.2. The fourth-order valence-electron chi connectivity index (χ4n) is 3.02. The first-order valence-electron chi connectivity index (χ1n) is 8.89. The summed E-state index contributed by atoms with van der Waals surface area (Å²) in [7, 11) is 1.56. The van der Waals surface area contributed by atoms with E-state index < -0.39 is 12.1 Å². The van der Waals surface area contributed by atoms with Gasteiger partial charge in [0.15, 0.2) is 11.5 Å². The van der Waals surface area contributed by atoms with Crippen LogP contribution >= 0.6 is 24.2 Å². The number of methoxy groups -OCH3 is 1. The number of nitrogens with one attached hydrogen (secondary N) is 1. The van der Waals surface area contributed by atoms with E-state index in [1.807, 2.05) is 26.0 Å².